The van der Waals surface area contributed by atoms with Crippen LogP contribution in [0.3, 0.4) is 0 Å². The second-order valence-electron chi connectivity index (χ2n) is 5.72. The largest absolute Gasteiger partial charge is 0.342 e. The van der Waals surface area contributed by atoms with Crippen LogP contribution in [0.1, 0.15) is 11.1 Å². The molecule has 2 aliphatic rings. The summed E-state index contributed by atoms with van der Waals surface area (Å²) >= 11 is 0. The molecule has 0 atom stereocenters. The van der Waals surface area contributed by atoms with Crippen LogP contribution in [0.15, 0.2) is 53.5 Å². The van der Waals surface area contributed by atoms with Crippen LogP contribution < -0.4 is 5.56 Å². The van der Waals surface area contributed by atoms with Crippen LogP contribution in [0.2, 0.25) is 0 Å². The van der Waals surface area contributed by atoms with Gasteiger partial charge in [-0.2, -0.15) is 5.10 Å². The van der Waals surface area contributed by atoms with Crippen molar-refractivity contribution in [3.63, 3.8) is 0 Å². The van der Waals surface area contributed by atoms with E-state index in [2.05, 4.69) is 16.3 Å². The minimum Gasteiger partial charge on any atom is -0.342 e. The molecule has 2 aromatic carbocycles. The molecule has 114 valence electrons. The number of fused-ring (bicyclic) bond motifs is 3. The van der Waals surface area contributed by atoms with Gasteiger partial charge in [-0.1, -0.05) is 29.8 Å². The normalized spacial score (nSPS) is 11.4. The molecule has 0 unspecified atom stereocenters. The molecule has 2 aliphatic heterocycles. The van der Waals surface area contributed by atoms with E-state index >= 15 is 0 Å². The van der Waals surface area contributed by atoms with Crippen molar-refractivity contribution in [2.75, 3.05) is 0 Å². The maximum absolute atomic E-state index is 13.7. The number of halogens is 1. The molecule has 0 aliphatic carbocycles. The van der Waals surface area contributed by atoms with Gasteiger partial charge < -0.3 is 4.57 Å². The van der Waals surface area contributed by atoms with Crippen molar-refractivity contribution in [1.29, 1.82) is 0 Å². The number of hydrogen-bond donors (Lipinski definition) is 1. The van der Waals surface area contributed by atoms with Crippen LogP contribution in [0.5, 0.6) is 0 Å². The highest BCUT2D eigenvalue weighted by Crippen LogP contribution is 2.28. The Hall–Kier alpha value is -2.95. The van der Waals surface area contributed by atoms with E-state index in [1.54, 1.807) is 12.3 Å². The first kappa shape index (κ1) is 13.7. The molecule has 0 radical (unpaired) electrons. The number of hydrogen-bond acceptors (Lipinski definition) is 2. The smallest absolute Gasteiger partial charge is 0.275 e. The highest BCUT2D eigenvalue weighted by atomic mass is 19.1. The van der Waals surface area contributed by atoms with E-state index in [9.17, 15) is 9.18 Å². The van der Waals surface area contributed by atoms with E-state index in [4.69, 9.17) is 0 Å². The third-order valence-electron chi connectivity index (χ3n) is 4.01. The van der Waals surface area contributed by atoms with Crippen molar-refractivity contribution in [3.8, 4) is 11.3 Å². The van der Waals surface area contributed by atoms with Crippen LogP contribution in [0.25, 0.3) is 22.2 Å². The van der Waals surface area contributed by atoms with Crippen molar-refractivity contribution in [2.24, 2.45) is 0 Å². The highest BCUT2D eigenvalue weighted by Gasteiger charge is 2.17. The second-order valence-corrected chi connectivity index (χ2v) is 5.72. The summed E-state index contributed by atoms with van der Waals surface area (Å²) in [5.41, 5.74) is 3.85. The predicted molar refractivity (Wildman–Crippen MR) is 87.2 cm³/mol. The monoisotopic (exact) mass is 307 g/mol. The number of nitrogens with one attached hydrogen (secondary N) is 1. The molecular weight excluding hydrogens is 293 g/mol. The predicted octanol–water partition coefficient (Wildman–Crippen LogP) is 3.33. The molecule has 2 aromatic rings. The number of nitrogens with zero attached hydrogens (tertiary/aromatic N) is 2. The maximum Gasteiger partial charge on any atom is 0.275 e. The summed E-state index contributed by atoms with van der Waals surface area (Å²) in [4.78, 5) is 11.9. The Morgan fingerprint density at radius 2 is 2.09 bits per heavy atom. The van der Waals surface area contributed by atoms with E-state index in [0.717, 1.165) is 11.1 Å². The van der Waals surface area contributed by atoms with Gasteiger partial charge in [0, 0.05) is 18.1 Å². The van der Waals surface area contributed by atoms with Gasteiger partial charge in [0.1, 0.15) is 11.5 Å². The lowest BCUT2D eigenvalue weighted by molar-refractivity contribution is 0.629. The van der Waals surface area contributed by atoms with Gasteiger partial charge in [-0.15, -0.1) is 0 Å². The van der Waals surface area contributed by atoms with E-state index in [-0.39, 0.29) is 11.4 Å². The summed E-state index contributed by atoms with van der Waals surface area (Å²) in [6, 6.07) is 12.7. The van der Waals surface area contributed by atoms with Gasteiger partial charge in [-0.25, -0.2) is 9.49 Å². The van der Waals surface area contributed by atoms with Crippen molar-refractivity contribution in [1.82, 2.24) is 14.8 Å². The van der Waals surface area contributed by atoms with Crippen LogP contribution >= 0.6 is 0 Å². The Labute approximate surface area is 131 Å². The number of H-pyrrole nitrogens is 1. The topological polar surface area (TPSA) is 50.7 Å². The zero-order valence-electron chi connectivity index (χ0n) is 12.5. The van der Waals surface area contributed by atoms with E-state index in [1.807, 2.05) is 29.7 Å². The lowest BCUT2D eigenvalue weighted by Crippen LogP contribution is -2.08. The SMILES string of the molecule is Cc1cccc(Cn2cc3c(=O)[nH]nc-3c3cc(F)ccc32)c1. The molecule has 2 heterocycles. The van der Waals surface area contributed by atoms with Crippen molar-refractivity contribution in [3.05, 3.63) is 76.0 Å². The van der Waals surface area contributed by atoms with Gasteiger partial charge in [-0.05, 0) is 30.7 Å². The Bertz CT molecular complexity index is 1050. The second kappa shape index (κ2) is 5.05. The molecule has 0 saturated heterocycles. The van der Waals surface area contributed by atoms with E-state index in [0.29, 0.717) is 23.2 Å². The molecular formula is C18H14FN3O. The Morgan fingerprint density at radius 1 is 1.22 bits per heavy atom. The van der Waals surface area contributed by atoms with E-state index in [1.165, 1.54) is 17.7 Å². The third kappa shape index (κ3) is 2.30. The molecule has 23 heavy (non-hydrogen) atoms. The Morgan fingerprint density at radius 3 is 2.91 bits per heavy atom. The first-order valence-corrected chi connectivity index (χ1v) is 7.34. The minimum atomic E-state index is -0.345. The molecule has 0 saturated carbocycles. The van der Waals surface area contributed by atoms with Gasteiger partial charge in [0.2, 0.25) is 0 Å². The lowest BCUT2D eigenvalue weighted by atomic mass is 10.1. The average molecular weight is 307 g/mol. The first-order valence-electron chi connectivity index (χ1n) is 7.34. The fourth-order valence-electron chi connectivity index (χ4n) is 2.97. The number of aryl methyl sites for hydroxylation is 1. The molecule has 0 spiro atoms. The average Bonchev–Trinajstić information content (AvgIpc) is 2.89. The maximum atomic E-state index is 13.7. The number of aromatic nitrogens is 3. The summed E-state index contributed by atoms with van der Waals surface area (Å²) in [6.07, 6.45) is 1.78. The zero-order chi connectivity index (χ0) is 16.0. The minimum absolute atomic E-state index is 0.260. The Kier molecular flexibility index (Phi) is 3.01. The molecule has 5 heteroatoms. The van der Waals surface area contributed by atoms with Crippen molar-refractivity contribution >= 4 is 10.9 Å². The fraction of sp³-hybridized carbons (Fsp3) is 0.111. The number of rotatable bonds is 2. The van der Waals surface area contributed by atoms with Gasteiger partial charge in [0.05, 0.1) is 11.1 Å². The van der Waals surface area contributed by atoms with E-state index < -0.39 is 0 Å². The summed E-state index contributed by atoms with van der Waals surface area (Å²) in [7, 11) is 0. The molecule has 0 aromatic heterocycles. The van der Waals surface area contributed by atoms with Crippen LogP contribution in [-0.2, 0) is 6.54 Å². The number of aromatic amines is 1. The zero-order valence-corrected chi connectivity index (χ0v) is 12.5. The van der Waals surface area contributed by atoms with Gasteiger partial charge in [0.25, 0.3) is 5.56 Å². The van der Waals surface area contributed by atoms with Gasteiger partial charge in [0.15, 0.2) is 0 Å². The third-order valence-corrected chi connectivity index (χ3v) is 4.01. The van der Waals surface area contributed by atoms with Crippen LogP contribution in [0.4, 0.5) is 4.39 Å². The van der Waals surface area contributed by atoms with Gasteiger partial charge in [-0.3, -0.25) is 4.79 Å². The summed E-state index contributed by atoms with van der Waals surface area (Å²) in [5.74, 6) is -0.345. The first-order chi connectivity index (χ1) is 11.1. The standard InChI is InChI=1S/C18H14FN3O/c1-11-3-2-4-12(7-11)9-22-10-15-17(20-21-18(15)23)14-8-13(19)5-6-16(14)22/h2-8,10H,9H2,1H3,(H,21,23). The van der Waals surface area contributed by atoms with Crippen molar-refractivity contribution < 1.29 is 4.39 Å². The molecule has 4 nitrogen and oxygen atoms in total. The molecule has 1 N–H and O–H groups in total. The highest BCUT2D eigenvalue weighted by molar-refractivity contribution is 5.93. The van der Waals surface area contributed by atoms with Crippen LogP contribution in [-0.4, -0.2) is 14.8 Å². The summed E-state index contributed by atoms with van der Waals surface area (Å²) in [5, 5.41) is 7.11. The molecule has 0 fully saturated rings. The fourth-order valence-corrected chi connectivity index (χ4v) is 2.97. The molecule has 0 amide bonds. The molecule has 0 bridgehead atoms. The molecule has 4 rings (SSSR count). The summed E-state index contributed by atoms with van der Waals surface area (Å²) in [6.45, 7) is 2.64. The Balaban J connectivity index is 1.98. The van der Waals surface area contributed by atoms with Crippen LogP contribution in [0, 0.1) is 12.7 Å². The lowest BCUT2D eigenvalue weighted by Gasteiger charge is -2.14. The number of benzene rings is 2. The number of pyridine rings is 1. The quantitative estimate of drug-likeness (QED) is 0.617. The summed E-state index contributed by atoms with van der Waals surface area (Å²) < 4.78 is 15.6. The van der Waals surface area contributed by atoms with Crippen molar-refractivity contribution in [2.45, 2.75) is 13.5 Å². The van der Waals surface area contributed by atoms with Gasteiger partial charge >= 0.3 is 0 Å².